The Bertz CT molecular complexity index is 515. The minimum absolute atomic E-state index is 0. The van der Waals surface area contributed by atoms with Crippen LogP contribution in [0.5, 0.6) is 0 Å². The quantitative estimate of drug-likeness (QED) is 0.877. The Morgan fingerprint density at radius 2 is 1.76 bits per heavy atom. The molecule has 0 spiro atoms. The van der Waals surface area contributed by atoms with E-state index in [0.29, 0.717) is 22.7 Å². The predicted octanol–water partition coefficient (Wildman–Crippen LogP) is 4.03. The van der Waals surface area contributed by atoms with E-state index in [1.807, 2.05) is 12.1 Å². The number of benzene rings is 2. The van der Waals surface area contributed by atoms with Crippen molar-refractivity contribution in [2.75, 3.05) is 0 Å². The number of rotatable bonds is 2. The first-order chi connectivity index (χ1) is 7.72. The van der Waals surface area contributed by atoms with Crippen LogP contribution in [0.15, 0.2) is 42.5 Å². The maximum absolute atomic E-state index is 13.7. The van der Waals surface area contributed by atoms with Crippen LogP contribution in [0.2, 0.25) is 5.02 Å². The molecule has 0 saturated carbocycles. The fourth-order valence-electron chi connectivity index (χ4n) is 1.59. The van der Waals surface area contributed by atoms with Crippen molar-refractivity contribution < 1.29 is 4.39 Å². The van der Waals surface area contributed by atoms with E-state index in [9.17, 15) is 4.39 Å². The van der Waals surface area contributed by atoms with E-state index in [-0.39, 0.29) is 18.2 Å². The second-order valence-corrected chi connectivity index (χ2v) is 3.91. The summed E-state index contributed by atoms with van der Waals surface area (Å²) in [6.07, 6.45) is 0. The van der Waals surface area contributed by atoms with E-state index >= 15 is 0 Å². The number of hydrogen-bond acceptors (Lipinski definition) is 1. The Morgan fingerprint density at radius 1 is 1.06 bits per heavy atom. The fraction of sp³-hybridized carbons (Fsp3) is 0.0769. The maximum Gasteiger partial charge on any atom is 0.131 e. The molecule has 0 radical (unpaired) electrons. The lowest BCUT2D eigenvalue weighted by Crippen LogP contribution is -1.97. The van der Waals surface area contributed by atoms with Crippen LogP contribution in [0.25, 0.3) is 11.1 Å². The Labute approximate surface area is 111 Å². The average Bonchev–Trinajstić information content (AvgIpc) is 2.31. The molecule has 1 nitrogen and oxygen atoms in total. The molecule has 0 amide bonds. The highest BCUT2D eigenvalue weighted by atomic mass is 35.5. The van der Waals surface area contributed by atoms with Crippen LogP contribution >= 0.6 is 24.0 Å². The summed E-state index contributed by atoms with van der Waals surface area (Å²) in [5.41, 5.74) is 7.60. The molecule has 0 atom stereocenters. The monoisotopic (exact) mass is 271 g/mol. The van der Waals surface area contributed by atoms with Gasteiger partial charge in [-0.3, -0.25) is 0 Å². The Balaban J connectivity index is 0.00000144. The molecule has 90 valence electrons. The summed E-state index contributed by atoms with van der Waals surface area (Å²) in [6, 6.07) is 12.0. The topological polar surface area (TPSA) is 26.0 Å². The molecule has 0 saturated heterocycles. The lowest BCUT2D eigenvalue weighted by molar-refractivity contribution is 0.630. The predicted molar refractivity (Wildman–Crippen MR) is 72.0 cm³/mol. The van der Waals surface area contributed by atoms with Gasteiger partial charge in [-0.2, -0.15) is 0 Å². The van der Waals surface area contributed by atoms with Crippen LogP contribution in [0, 0.1) is 5.82 Å². The van der Waals surface area contributed by atoms with Crippen molar-refractivity contribution in [3.05, 3.63) is 58.9 Å². The van der Waals surface area contributed by atoms with Gasteiger partial charge in [-0.05, 0) is 23.8 Å². The van der Waals surface area contributed by atoms with Crippen LogP contribution in [0.1, 0.15) is 5.56 Å². The van der Waals surface area contributed by atoms with Crippen LogP contribution in [0.4, 0.5) is 4.39 Å². The van der Waals surface area contributed by atoms with Gasteiger partial charge in [-0.15, -0.1) is 12.4 Å². The molecule has 0 unspecified atom stereocenters. The zero-order chi connectivity index (χ0) is 11.5. The Hall–Kier alpha value is -1.09. The maximum atomic E-state index is 13.7. The Morgan fingerprint density at radius 3 is 2.41 bits per heavy atom. The van der Waals surface area contributed by atoms with Gasteiger partial charge in [-0.25, -0.2) is 4.39 Å². The van der Waals surface area contributed by atoms with Crippen molar-refractivity contribution in [2.45, 2.75) is 6.54 Å². The van der Waals surface area contributed by atoms with E-state index in [0.717, 1.165) is 5.56 Å². The van der Waals surface area contributed by atoms with Crippen LogP contribution in [0.3, 0.4) is 0 Å². The molecule has 2 aromatic rings. The molecule has 2 N–H and O–H groups in total. The second-order valence-electron chi connectivity index (χ2n) is 3.50. The second kappa shape index (κ2) is 6.01. The van der Waals surface area contributed by atoms with Crippen LogP contribution in [-0.4, -0.2) is 0 Å². The summed E-state index contributed by atoms with van der Waals surface area (Å²) in [6.45, 7) is 0.387. The highest BCUT2D eigenvalue weighted by Crippen LogP contribution is 2.30. The van der Waals surface area contributed by atoms with Gasteiger partial charge in [0.15, 0.2) is 0 Å². The summed E-state index contributed by atoms with van der Waals surface area (Å²) in [5, 5.41) is 0.538. The van der Waals surface area contributed by atoms with Gasteiger partial charge in [0.25, 0.3) is 0 Å². The first-order valence-corrected chi connectivity index (χ1v) is 5.33. The molecule has 2 aromatic carbocycles. The van der Waals surface area contributed by atoms with Gasteiger partial charge in [0.1, 0.15) is 5.82 Å². The Kier molecular flexibility index (Phi) is 4.94. The average molecular weight is 272 g/mol. The van der Waals surface area contributed by atoms with Crippen molar-refractivity contribution >= 4 is 24.0 Å². The number of halogens is 3. The molecule has 0 aromatic heterocycles. The molecule has 17 heavy (non-hydrogen) atoms. The summed E-state index contributed by atoms with van der Waals surface area (Å²) in [7, 11) is 0. The third kappa shape index (κ3) is 2.97. The van der Waals surface area contributed by atoms with Crippen molar-refractivity contribution in [1.29, 1.82) is 0 Å². The van der Waals surface area contributed by atoms with Crippen molar-refractivity contribution in [3.8, 4) is 11.1 Å². The molecule has 0 aliphatic carbocycles. The summed E-state index contributed by atoms with van der Waals surface area (Å²) < 4.78 is 13.7. The molecule has 0 bridgehead atoms. The van der Waals surface area contributed by atoms with Gasteiger partial charge in [-0.1, -0.05) is 35.9 Å². The molecule has 0 aliphatic heterocycles. The summed E-state index contributed by atoms with van der Waals surface area (Å²) in [4.78, 5) is 0. The van der Waals surface area contributed by atoms with Gasteiger partial charge in [0.2, 0.25) is 0 Å². The molecular weight excluding hydrogens is 260 g/mol. The SMILES string of the molecule is Cl.NCc1ccc(F)c(-c2ccccc2Cl)c1. The molecule has 2 rings (SSSR count). The number of nitrogens with two attached hydrogens (primary N) is 1. The molecule has 0 aliphatic rings. The first kappa shape index (κ1) is 14.0. The molecule has 4 heteroatoms. The first-order valence-electron chi connectivity index (χ1n) is 4.96. The molecule has 0 fully saturated rings. The van der Waals surface area contributed by atoms with E-state index in [1.165, 1.54) is 6.07 Å². The number of hydrogen-bond donors (Lipinski definition) is 1. The smallest absolute Gasteiger partial charge is 0.131 e. The third-order valence-corrected chi connectivity index (χ3v) is 2.76. The van der Waals surface area contributed by atoms with E-state index in [1.54, 1.807) is 24.3 Å². The minimum atomic E-state index is -0.287. The van der Waals surface area contributed by atoms with Crippen molar-refractivity contribution in [3.63, 3.8) is 0 Å². The fourth-order valence-corrected chi connectivity index (χ4v) is 1.82. The normalized spacial score (nSPS) is 9.82. The van der Waals surface area contributed by atoms with Gasteiger partial charge in [0, 0.05) is 22.7 Å². The molecule has 0 heterocycles. The minimum Gasteiger partial charge on any atom is -0.326 e. The van der Waals surface area contributed by atoms with Crippen LogP contribution < -0.4 is 5.73 Å². The lowest BCUT2D eigenvalue weighted by atomic mass is 10.0. The summed E-state index contributed by atoms with van der Waals surface area (Å²) >= 11 is 6.03. The largest absolute Gasteiger partial charge is 0.326 e. The highest BCUT2D eigenvalue weighted by Gasteiger charge is 2.08. The lowest BCUT2D eigenvalue weighted by Gasteiger charge is -2.07. The third-order valence-electron chi connectivity index (χ3n) is 2.43. The highest BCUT2D eigenvalue weighted by molar-refractivity contribution is 6.33. The van der Waals surface area contributed by atoms with Crippen molar-refractivity contribution in [1.82, 2.24) is 0 Å². The standard InChI is InChI=1S/C13H11ClFN.ClH/c14-12-4-2-1-3-10(12)11-7-9(8-16)5-6-13(11)15;/h1-7H,8,16H2;1H. The van der Waals surface area contributed by atoms with Crippen molar-refractivity contribution in [2.24, 2.45) is 5.73 Å². The van der Waals surface area contributed by atoms with Gasteiger partial charge < -0.3 is 5.73 Å². The zero-order valence-electron chi connectivity index (χ0n) is 8.99. The summed E-state index contributed by atoms with van der Waals surface area (Å²) in [5.74, 6) is -0.287. The molecular formula is C13H12Cl2FN. The van der Waals surface area contributed by atoms with E-state index < -0.39 is 0 Å². The van der Waals surface area contributed by atoms with E-state index in [4.69, 9.17) is 17.3 Å². The zero-order valence-corrected chi connectivity index (χ0v) is 10.6. The van der Waals surface area contributed by atoms with Crippen LogP contribution in [-0.2, 0) is 6.54 Å². The van der Waals surface area contributed by atoms with Gasteiger partial charge in [0.05, 0.1) is 0 Å². The van der Waals surface area contributed by atoms with Gasteiger partial charge >= 0.3 is 0 Å². The van der Waals surface area contributed by atoms with E-state index in [2.05, 4.69) is 0 Å².